The third kappa shape index (κ3) is 3.66. The molecular weight excluding hydrogens is 317 g/mol. The van der Waals surface area contributed by atoms with Crippen molar-refractivity contribution in [2.75, 3.05) is 0 Å². The Morgan fingerprint density at radius 3 is 2.67 bits per heavy atom. The second kappa shape index (κ2) is 5.92. The number of sulfonamides is 1. The predicted octanol–water partition coefficient (Wildman–Crippen LogP) is 2.62. The van der Waals surface area contributed by atoms with Crippen molar-refractivity contribution < 1.29 is 22.7 Å². The molecule has 0 aliphatic carbocycles. The van der Waals surface area contributed by atoms with Crippen LogP contribution in [0.25, 0.3) is 0 Å². The minimum absolute atomic E-state index is 0.0613. The second-order valence-electron chi connectivity index (χ2n) is 4.35. The Bertz CT molecular complexity index is 770. The summed E-state index contributed by atoms with van der Waals surface area (Å²) in [4.78, 5) is 10.6. The van der Waals surface area contributed by atoms with Crippen LogP contribution in [0.2, 0.25) is 0 Å². The second-order valence-corrected chi connectivity index (χ2v) is 6.98. The SMILES string of the molecule is C[C@@H](NS(=O)(=O)c1csc(C(=O)O)c1)c1cccc(F)c1. The molecule has 2 N–H and O–H groups in total. The molecule has 0 fully saturated rings. The van der Waals surface area contributed by atoms with Gasteiger partial charge in [-0.2, -0.15) is 0 Å². The van der Waals surface area contributed by atoms with E-state index in [4.69, 9.17) is 5.11 Å². The van der Waals surface area contributed by atoms with E-state index in [1.807, 2.05) is 0 Å². The molecule has 112 valence electrons. The van der Waals surface area contributed by atoms with Gasteiger partial charge in [0.05, 0.1) is 4.90 Å². The molecular formula is C13H12FNO4S2. The lowest BCUT2D eigenvalue weighted by Gasteiger charge is -2.14. The first-order valence-corrected chi connectivity index (χ1v) is 8.25. The van der Waals surface area contributed by atoms with Crippen molar-refractivity contribution in [1.29, 1.82) is 0 Å². The van der Waals surface area contributed by atoms with Crippen LogP contribution in [0.3, 0.4) is 0 Å². The zero-order chi connectivity index (χ0) is 15.6. The van der Waals surface area contributed by atoms with E-state index >= 15 is 0 Å². The fourth-order valence-corrected chi connectivity index (χ4v) is 4.06. The minimum Gasteiger partial charge on any atom is -0.477 e. The smallest absolute Gasteiger partial charge is 0.345 e. The predicted molar refractivity (Wildman–Crippen MR) is 76.4 cm³/mol. The Balaban J connectivity index is 2.22. The number of thiophene rings is 1. The molecule has 0 aliphatic rings. The Kier molecular flexibility index (Phi) is 4.40. The number of carboxylic acids is 1. The maximum atomic E-state index is 13.1. The first-order chi connectivity index (χ1) is 9.79. The zero-order valence-electron chi connectivity index (χ0n) is 10.9. The zero-order valence-corrected chi connectivity index (χ0v) is 12.5. The number of nitrogens with one attached hydrogen (secondary N) is 1. The number of carboxylic acid groups (broad SMARTS) is 1. The molecule has 0 radical (unpaired) electrons. The van der Waals surface area contributed by atoms with E-state index in [2.05, 4.69) is 4.72 Å². The number of aromatic carboxylic acids is 1. The van der Waals surface area contributed by atoms with Crippen LogP contribution in [0.4, 0.5) is 4.39 Å². The number of rotatable bonds is 5. The van der Waals surface area contributed by atoms with Crippen LogP contribution in [0.1, 0.15) is 28.2 Å². The van der Waals surface area contributed by atoms with Crippen molar-refractivity contribution in [2.45, 2.75) is 17.9 Å². The van der Waals surface area contributed by atoms with Crippen molar-refractivity contribution in [3.05, 3.63) is 52.0 Å². The van der Waals surface area contributed by atoms with Gasteiger partial charge in [-0.15, -0.1) is 11.3 Å². The van der Waals surface area contributed by atoms with Crippen LogP contribution in [-0.2, 0) is 10.0 Å². The summed E-state index contributed by atoms with van der Waals surface area (Å²) in [7, 11) is -3.86. The highest BCUT2D eigenvalue weighted by Crippen LogP contribution is 2.22. The standard InChI is InChI=1S/C13H12FNO4S2/c1-8(9-3-2-4-10(14)5-9)15-21(18,19)11-6-12(13(16)17)20-7-11/h2-8,15H,1H3,(H,16,17)/t8-/m1/s1. The minimum atomic E-state index is -3.86. The summed E-state index contributed by atoms with van der Waals surface area (Å²) < 4.78 is 39.8. The molecule has 8 heteroatoms. The van der Waals surface area contributed by atoms with Gasteiger partial charge in [-0.3, -0.25) is 0 Å². The first kappa shape index (κ1) is 15.6. The van der Waals surface area contributed by atoms with Crippen LogP contribution >= 0.6 is 11.3 Å². The summed E-state index contributed by atoms with van der Waals surface area (Å²) in [6.45, 7) is 1.58. The Morgan fingerprint density at radius 2 is 2.10 bits per heavy atom. The highest BCUT2D eigenvalue weighted by Gasteiger charge is 2.21. The van der Waals surface area contributed by atoms with Crippen molar-refractivity contribution in [3.8, 4) is 0 Å². The third-order valence-corrected chi connectivity index (χ3v) is 5.36. The van der Waals surface area contributed by atoms with E-state index in [0.717, 1.165) is 17.4 Å². The molecule has 21 heavy (non-hydrogen) atoms. The van der Waals surface area contributed by atoms with Crippen molar-refractivity contribution in [1.82, 2.24) is 4.72 Å². The lowest BCUT2D eigenvalue weighted by molar-refractivity contribution is 0.0702. The summed E-state index contributed by atoms with van der Waals surface area (Å²) in [5.41, 5.74) is 0.479. The third-order valence-electron chi connectivity index (χ3n) is 2.78. The van der Waals surface area contributed by atoms with Gasteiger partial charge < -0.3 is 5.11 Å². The highest BCUT2D eigenvalue weighted by molar-refractivity contribution is 7.89. The molecule has 0 aliphatic heterocycles. The van der Waals surface area contributed by atoms with Crippen molar-refractivity contribution >= 4 is 27.3 Å². The molecule has 0 bridgehead atoms. The molecule has 2 rings (SSSR count). The van der Waals surface area contributed by atoms with Gasteiger partial charge in [0.1, 0.15) is 10.7 Å². The van der Waals surface area contributed by atoms with Crippen LogP contribution in [0.5, 0.6) is 0 Å². The van der Waals surface area contributed by atoms with Gasteiger partial charge in [-0.05, 0) is 30.7 Å². The fraction of sp³-hybridized carbons (Fsp3) is 0.154. The van der Waals surface area contributed by atoms with E-state index in [1.165, 1.54) is 23.6 Å². The van der Waals surface area contributed by atoms with E-state index < -0.39 is 27.9 Å². The van der Waals surface area contributed by atoms with Gasteiger partial charge in [0.15, 0.2) is 0 Å². The highest BCUT2D eigenvalue weighted by atomic mass is 32.2. The van der Waals surface area contributed by atoms with E-state index in [-0.39, 0.29) is 9.77 Å². The number of halogens is 1. The van der Waals surface area contributed by atoms with Crippen LogP contribution in [-0.4, -0.2) is 19.5 Å². The molecule has 0 saturated heterocycles. The number of carbonyl (C=O) groups is 1. The average Bonchev–Trinajstić information content (AvgIpc) is 2.88. The molecule has 5 nitrogen and oxygen atoms in total. The van der Waals surface area contributed by atoms with Gasteiger partial charge in [0, 0.05) is 11.4 Å². The molecule has 1 aromatic carbocycles. The van der Waals surface area contributed by atoms with Gasteiger partial charge in [0.2, 0.25) is 10.0 Å². The van der Waals surface area contributed by atoms with Crippen molar-refractivity contribution in [2.24, 2.45) is 0 Å². The Labute approximate surface area is 125 Å². The molecule has 1 heterocycles. The first-order valence-electron chi connectivity index (χ1n) is 5.89. The number of hydrogen-bond donors (Lipinski definition) is 2. The number of benzene rings is 1. The summed E-state index contributed by atoms with van der Waals surface area (Å²) >= 11 is 0.831. The summed E-state index contributed by atoms with van der Waals surface area (Å²) in [5.74, 6) is -1.64. The van der Waals surface area contributed by atoms with Crippen molar-refractivity contribution in [3.63, 3.8) is 0 Å². The quantitative estimate of drug-likeness (QED) is 0.883. The van der Waals surface area contributed by atoms with Gasteiger partial charge in [-0.1, -0.05) is 12.1 Å². The average molecular weight is 329 g/mol. The molecule has 2 aromatic rings. The Hall–Kier alpha value is -1.77. The lowest BCUT2D eigenvalue weighted by Crippen LogP contribution is -2.26. The van der Waals surface area contributed by atoms with Crippen LogP contribution < -0.4 is 4.72 Å². The summed E-state index contributed by atoms with van der Waals surface area (Å²) in [5, 5.41) is 10.1. The van der Waals surface area contributed by atoms with Gasteiger partial charge in [0.25, 0.3) is 0 Å². The molecule has 0 unspecified atom stereocenters. The molecule has 1 aromatic heterocycles. The normalized spacial score (nSPS) is 13.0. The maximum absolute atomic E-state index is 13.1. The largest absolute Gasteiger partial charge is 0.477 e. The van der Waals surface area contributed by atoms with Gasteiger partial charge >= 0.3 is 5.97 Å². The van der Waals surface area contributed by atoms with E-state index in [1.54, 1.807) is 13.0 Å². The maximum Gasteiger partial charge on any atom is 0.345 e. The molecule has 0 amide bonds. The van der Waals surface area contributed by atoms with E-state index in [9.17, 15) is 17.6 Å². The number of hydrogen-bond acceptors (Lipinski definition) is 4. The monoisotopic (exact) mass is 329 g/mol. The van der Waals surface area contributed by atoms with Gasteiger partial charge in [-0.25, -0.2) is 22.3 Å². The molecule has 0 saturated carbocycles. The summed E-state index contributed by atoms with van der Waals surface area (Å²) in [6.07, 6.45) is 0. The topological polar surface area (TPSA) is 83.5 Å². The van der Waals surface area contributed by atoms with Crippen LogP contribution in [0.15, 0.2) is 40.6 Å². The lowest BCUT2D eigenvalue weighted by atomic mass is 10.1. The molecule has 1 atom stereocenters. The van der Waals surface area contributed by atoms with E-state index in [0.29, 0.717) is 5.56 Å². The summed E-state index contributed by atoms with van der Waals surface area (Å²) in [6, 6.07) is 6.05. The van der Waals surface area contributed by atoms with Crippen LogP contribution in [0, 0.1) is 5.82 Å². The molecule has 0 spiro atoms. The fourth-order valence-electron chi connectivity index (χ4n) is 1.72. The Morgan fingerprint density at radius 1 is 1.38 bits per heavy atom.